The molecule has 0 saturated carbocycles. The van der Waals surface area contributed by atoms with Crippen molar-refractivity contribution in [1.82, 2.24) is 10.2 Å². The van der Waals surface area contributed by atoms with E-state index < -0.39 is 0 Å². The molecule has 7 aromatic rings. The van der Waals surface area contributed by atoms with Gasteiger partial charge in [0.05, 0.1) is 11.4 Å². The number of hydrogen-bond donors (Lipinski definition) is 0. The lowest BCUT2D eigenvalue weighted by Crippen LogP contribution is -1.91. The molecule has 0 radical (unpaired) electrons. The van der Waals surface area contributed by atoms with Gasteiger partial charge in [-0.05, 0) is 24.3 Å². The standard InChI is InChI=1S/C28H16N2S2/c1-3-13-25-17(7-1)19-9-5-11-21(27(19)31-25)23-15-16-24(30-29-23)22-12-6-10-20-18-8-2-4-14-26(18)32-28(20)22/h1-16H. The van der Waals surface area contributed by atoms with Crippen LogP contribution in [0.1, 0.15) is 0 Å². The molecule has 0 saturated heterocycles. The molecule has 0 aliphatic rings. The first-order valence-electron chi connectivity index (χ1n) is 10.5. The molecule has 150 valence electrons. The summed E-state index contributed by atoms with van der Waals surface area (Å²) in [5.74, 6) is 0. The van der Waals surface area contributed by atoms with Gasteiger partial charge in [0.15, 0.2) is 0 Å². The molecule has 3 aromatic heterocycles. The Bertz CT molecular complexity index is 1640. The van der Waals surface area contributed by atoms with Crippen LogP contribution in [0, 0.1) is 0 Å². The summed E-state index contributed by atoms with van der Waals surface area (Å²) in [7, 11) is 0. The Morgan fingerprint density at radius 2 is 0.844 bits per heavy atom. The molecule has 0 atom stereocenters. The van der Waals surface area contributed by atoms with Gasteiger partial charge in [-0.1, -0.05) is 72.8 Å². The molecule has 7 rings (SSSR count). The molecule has 4 aromatic carbocycles. The van der Waals surface area contributed by atoms with E-state index in [1.54, 1.807) is 0 Å². The summed E-state index contributed by atoms with van der Waals surface area (Å²) in [5, 5.41) is 14.5. The Balaban J connectivity index is 1.38. The first-order valence-corrected chi connectivity index (χ1v) is 12.2. The number of hydrogen-bond acceptors (Lipinski definition) is 4. The van der Waals surface area contributed by atoms with Crippen LogP contribution in [0.25, 0.3) is 62.9 Å². The number of aromatic nitrogens is 2. The van der Waals surface area contributed by atoms with E-state index in [0.717, 1.165) is 22.5 Å². The highest BCUT2D eigenvalue weighted by molar-refractivity contribution is 7.26. The van der Waals surface area contributed by atoms with Crippen molar-refractivity contribution in [1.29, 1.82) is 0 Å². The topological polar surface area (TPSA) is 25.8 Å². The quantitative estimate of drug-likeness (QED) is 0.267. The van der Waals surface area contributed by atoms with Gasteiger partial charge < -0.3 is 0 Å². The minimum Gasteiger partial charge on any atom is -0.150 e. The lowest BCUT2D eigenvalue weighted by molar-refractivity contribution is 1.05. The minimum absolute atomic E-state index is 0.912. The molecule has 0 bridgehead atoms. The van der Waals surface area contributed by atoms with E-state index in [2.05, 4.69) is 107 Å². The second-order valence-electron chi connectivity index (χ2n) is 7.86. The fourth-order valence-corrected chi connectivity index (χ4v) is 6.97. The molecule has 0 aliphatic carbocycles. The Morgan fingerprint density at radius 3 is 1.31 bits per heavy atom. The van der Waals surface area contributed by atoms with Gasteiger partial charge in [-0.3, -0.25) is 0 Å². The third-order valence-electron chi connectivity index (χ3n) is 6.03. The molecule has 3 heterocycles. The molecule has 0 amide bonds. The molecular formula is C28H16N2S2. The Kier molecular flexibility index (Phi) is 3.92. The van der Waals surface area contributed by atoms with Crippen LogP contribution in [0.2, 0.25) is 0 Å². The van der Waals surface area contributed by atoms with Crippen LogP contribution in [-0.4, -0.2) is 10.2 Å². The molecular weight excluding hydrogens is 428 g/mol. The molecule has 0 spiro atoms. The van der Waals surface area contributed by atoms with Crippen molar-refractivity contribution in [3.63, 3.8) is 0 Å². The number of thiophene rings is 2. The van der Waals surface area contributed by atoms with Crippen LogP contribution in [0.5, 0.6) is 0 Å². The van der Waals surface area contributed by atoms with Crippen LogP contribution < -0.4 is 0 Å². The smallest absolute Gasteiger partial charge is 0.0944 e. The average molecular weight is 445 g/mol. The van der Waals surface area contributed by atoms with Crippen LogP contribution in [0.4, 0.5) is 0 Å². The van der Waals surface area contributed by atoms with Crippen molar-refractivity contribution in [3.05, 3.63) is 97.1 Å². The van der Waals surface area contributed by atoms with Crippen molar-refractivity contribution < 1.29 is 0 Å². The minimum atomic E-state index is 0.912. The van der Waals surface area contributed by atoms with Gasteiger partial charge in [-0.15, -0.1) is 32.9 Å². The third-order valence-corrected chi connectivity index (χ3v) is 8.46. The maximum Gasteiger partial charge on any atom is 0.0944 e. The summed E-state index contributed by atoms with van der Waals surface area (Å²) in [6.07, 6.45) is 0. The zero-order chi connectivity index (χ0) is 21.1. The monoisotopic (exact) mass is 444 g/mol. The zero-order valence-electron chi connectivity index (χ0n) is 16.9. The van der Waals surface area contributed by atoms with Gasteiger partial charge >= 0.3 is 0 Å². The lowest BCUT2D eigenvalue weighted by Gasteiger charge is -2.05. The third kappa shape index (κ3) is 2.63. The first-order chi connectivity index (χ1) is 15.9. The van der Waals surface area contributed by atoms with Crippen molar-refractivity contribution >= 4 is 63.0 Å². The van der Waals surface area contributed by atoms with E-state index in [1.165, 1.54) is 40.3 Å². The Morgan fingerprint density at radius 1 is 0.406 bits per heavy atom. The fraction of sp³-hybridized carbons (Fsp3) is 0. The van der Waals surface area contributed by atoms with Gasteiger partial charge in [-0.2, -0.15) is 0 Å². The van der Waals surface area contributed by atoms with Gasteiger partial charge in [0.2, 0.25) is 0 Å². The van der Waals surface area contributed by atoms with Gasteiger partial charge in [-0.25, -0.2) is 0 Å². The lowest BCUT2D eigenvalue weighted by atomic mass is 10.0. The predicted molar refractivity (Wildman–Crippen MR) is 139 cm³/mol. The molecule has 0 fully saturated rings. The summed E-state index contributed by atoms with van der Waals surface area (Å²) in [6, 6.07) is 34.3. The van der Waals surface area contributed by atoms with E-state index >= 15 is 0 Å². The average Bonchev–Trinajstić information content (AvgIpc) is 3.42. The Hall–Kier alpha value is -3.60. The van der Waals surface area contributed by atoms with E-state index in [4.69, 9.17) is 0 Å². The zero-order valence-corrected chi connectivity index (χ0v) is 18.6. The number of fused-ring (bicyclic) bond motifs is 6. The van der Waals surface area contributed by atoms with Crippen molar-refractivity contribution in [2.45, 2.75) is 0 Å². The van der Waals surface area contributed by atoms with Crippen LogP contribution in [0.3, 0.4) is 0 Å². The summed E-state index contributed by atoms with van der Waals surface area (Å²) in [4.78, 5) is 0. The van der Waals surface area contributed by atoms with Crippen LogP contribution in [-0.2, 0) is 0 Å². The summed E-state index contributed by atoms with van der Waals surface area (Å²) in [5.41, 5.74) is 4.11. The second kappa shape index (κ2) is 6.95. The predicted octanol–water partition coefficient (Wildman–Crippen LogP) is 8.55. The fourth-order valence-electron chi connectivity index (χ4n) is 4.52. The van der Waals surface area contributed by atoms with E-state index in [-0.39, 0.29) is 0 Å². The van der Waals surface area contributed by atoms with E-state index in [1.807, 2.05) is 22.7 Å². The van der Waals surface area contributed by atoms with Crippen LogP contribution in [0.15, 0.2) is 97.1 Å². The van der Waals surface area contributed by atoms with E-state index in [9.17, 15) is 0 Å². The molecule has 2 nitrogen and oxygen atoms in total. The van der Waals surface area contributed by atoms with Crippen LogP contribution >= 0.6 is 22.7 Å². The second-order valence-corrected chi connectivity index (χ2v) is 9.97. The van der Waals surface area contributed by atoms with Crippen molar-refractivity contribution in [2.75, 3.05) is 0 Å². The SMILES string of the molecule is c1ccc2c(c1)sc1c(-c3ccc(-c4cccc5c4sc4ccccc45)nn3)cccc12. The largest absolute Gasteiger partial charge is 0.150 e. The van der Waals surface area contributed by atoms with Crippen molar-refractivity contribution in [3.8, 4) is 22.5 Å². The summed E-state index contributed by atoms with van der Waals surface area (Å²) in [6.45, 7) is 0. The highest BCUT2D eigenvalue weighted by Gasteiger charge is 2.14. The van der Waals surface area contributed by atoms with Crippen molar-refractivity contribution in [2.24, 2.45) is 0 Å². The molecule has 32 heavy (non-hydrogen) atoms. The van der Waals surface area contributed by atoms with E-state index in [0.29, 0.717) is 0 Å². The number of benzene rings is 4. The maximum atomic E-state index is 4.67. The first kappa shape index (κ1) is 18.0. The molecule has 0 unspecified atom stereocenters. The highest BCUT2D eigenvalue weighted by Crippen LogP contribution is 2.41. The molecule has 4 heteroatoms. The van der Waals surface area contributed by atoms with Gasteiger partial charge in [0, 0.05) is 51.5 Å². The summed E-state index contributed by atoms with van der Waals surface area (Å²) >= 11 is 3.64. The maximum absolute atomic E-state index is 4.67. The van der Waals surface area contributed by atoms with Gasteiger partial charge in [0.1, 0.15) is 0 Å². The van der Waals surface area contributed by atoms with Gasteiger partial charge in [0.25, 0.3) is 0 Å². The molecule has 0 aliphatic heterocycles. The highest BCUT2D eigenvalue weighted by atomic mass is 32.1. The number of nitrogens with zero attached hydrogens (tertiary/aromatic N) is 2. The number of rotatable bonds is 2. The normalized spacial score (nSPS) is 11.8. The molecule has 0 N–H and O–H groups in total. The Labute approximate surface area is 192 Å². The summed E-state index contributed by atoms with van der Waals surface area (Å²) < 4.78 is 5.14.